The number of ketones is 1. The lowest BCUT2D eigenvalue weighted by Crippen LogP contribution is -1.94. The summed E-state index contributed by atoms with van der Waals surface area (Å²) in [7, 11) is 0. The second kappa shape index (κ2) is 4.30. The van der Waals surface area contributed by atoms with Crippen LogP contribution in [0.5, 0.6) is 0 Å². The van der Waals surface area contributed by atoms with E-state index in [1.54, 1.807) is 0 Å². The van der Waals surface area contributed by atoms with Crippen LogP contribution in [0.1, 0.15) is 33.6 Å². The van der Waals surface area contributed by atoms with Crippen molar-refractivity contribution in [1.82, 2.24) is 0 Å². The molecule has 0 aromatic rings. The van der Waals surface area contributed by atoms with Gasteiger partial charge in [0.2, 0.25) is 0 Å². The molecule has 0 unspecified atom stereocenters. The van der Waals surface area contributed by atoms with Crippen LogP contribution in [0.2, 0.25) is 0 Å². The first-order chi connectivity index (χ1) is 4.20. The molecule has 9 heavy (non-hydrogen) atoms. The zero-order chi connectivity index (χ0) is 7.28. The number of Topliss-reactive ketones (excluding diaryl/α,β-unsaturated/α-hetero) is 1. The third-order valence-corrected chi connectivity index (χ3v) is 1.36. The number of hydrogen-bond acceptors (Lipinski definition) is 1. The van der Waals surface area contributed by atoms with Crippen molar-refractivity contribution in [2.75, 3.05) is 0 Å². The van der Waals surface area contributed by atoms with Crippen molar-refractivity contribution < 1.29 is 4.79 Å². The second-order valence-corrected chi connectivity index (χ2v) is 2.20. The van der Waals surface area contributed by atoms with Gasteiger partial charge in [0.25, 0.3) is 0 Å². The summed E-state index contributed by atoms with van der Waals surface area (Å²) >= 11 is 0. The van der Waals surface area contributed by atoms with Crippen molar-refractivity contribution in [3.05, 3.63) is 11.6 Å². The molecule has 0 aromatic carbocycles. The predicted octanol–water partition coefficient (Wildman–Crippen LogP) is 2.32. The number of rotatable bonds is 3. The van der Waals surface area contributed by atoms with Gasteiger partial charge in [-0.2, -0.15) is 0 Å². The van der Waals surface area contributed by atoms with Gasteiger partial charge >= 0.3 is 0 Å². The van der Waals surface area contributed by atoms with E-state index in [0.717, 1.165) is 0 Å². The number of allylic oxidation sites excluding steroid dienone is 2. The molecule has 0 saturated heterocycles. The van der Waals surface area contributed by atoms with Crippen molar-refractivity contribution in [2.24, 2.45) is 0 Å². The number of carbonyl (C=O) groups is 1. The van der Waals surface area contributed by atoms with Crippen molar-refractivity contribution in [3.63, 3.8) is 0 Å². The minimum Gasteiger partial charge on any atom is -0.299 e. The van der Waals surface area contributed by atoms with Gasteiger partial charge in [-0.1, -0.05) is 18.6 Å². The van der Waals surface area contributed by atoms with E-state index in [2.05, 4.69) is 0 Å². The largest absolute Gasteiger partial charge is 0.299 e. The molecule has 0 radical (unpaired) electrons. The van der Waals surface area contributed by atoms with Crippen LogP contribution < -0.4 is 0 Å². The molecule has 0 aliphatic carbocycles. The van der Waals surface area contributed by atoms with Crippen molar-refractivity contribution in [2.45, 2.75) is 33.6 Å². The maximum Gasteiger partial charge on any atom is 0.136 e. The van der Waals surface area contributed by atoms with Crippen LogP contribution in [0.25, 0.3) is 0 Å². The first kappa shape index (κ1) is 8.41. The fourth-order valence-electron chi connectivity index (χ4n) is 0.538. The van der Waals surface area contributed by atoms with Gasteiger partial charge in [0.15, 0.2) is 0 Å². The lowest BCUT2D eigenvalue weighted by atomic mass is 10.1. The smallest absolute Gasteiger partial charge is 0.136 e. The molecule has 0 atom stereocenters. The molecule has 0 aliphatic rings. The van der Waals surface area contributed by atoms with Crippen LogP contribution in [0, 0.1) is 0 Å². The molecule has 0 aliphatic heterocycles. The summed E-state index contributed by atoms with van der Waals surface area (Å²) in [6.45, 7) is 5.83. The third-order valence-electron chi connectivity index (χ3n) is 1.36. The summed E-state index contributed by atoms with van der Waals surface area (Å²) < 4.78 is 0. The molecular weight excluding hydrogens is 112 g/mol. The Morgan fingerprint density at radius 2 is 2.11 bits per heavy atom. The van der Waals surface area contributed by atoms with Crippen molar-refractivity contribution >= 4 is 5.78 Å². The standard InChI is InChI=1S/C8H14O/c1-4-7(3)6-8(9)5-2/h4H,5-6H2,1-3H3/b7-4-. The zero-order valence-corrected chi connectivity index (χ0v) is 6.40. The lowest BCUT2D eigenvalue weighted by Gasteiger charge is -1.94. The molecule has 0 fully saturated rings. The molecule has 1 heteroatoms. The molecule has 1 nitrogen and oxygen atoms in total. The van der Waals surface area contributed by atoms with E-state index in [-0.39, 0.29) is 0 Å². The minimum atomic E-state index is 0.325. The molecule has 0 N–H and O–H groups in total. The molecule has 52 valence electrons. The average molecular weight is 126 g/mol. The van der Waals surface area contributed by atoms with E-state index in [9.17, 15) is 4.79 Å². The van der Waals surface area contributed by atoms with Crippen LogP contribution in [0.4, 0.5) is 0 Å². The fraction of sp³-hybridized carbons (Fsp3) is 0.625. The van der Waals surface area contributed by atoms with Gasteiger partial charge in [0.05, 0.1) is 0 Å². The van der Waals surface area contributed by atoms with E-state index in [1.807, 2.05) is 26.8 Å². The molecular formula is C8H14O. The van der Waals surface area contributed by atoms with Gasteiger partial charge in [-0.3, -0.25) is 4.79 Å². The Morgan fingerprint density at radius 3 is 2.44 bits per heavy atom. The van der Waals surface area contributed by atoms with Crippen LogP contribution in [-0.2, 0) is 4.79 Å². The van der Waals surface area contributed by atoms with Gasteiger partial charge in [0.1, 0.15) is 5.78 Å². The third kappa shape index (κ3) is 3.95. The summed E-state index contributed by atoms with van der Waals surface area (Å²) in [5.74, 6) is 0.325. The highest BCUT2D eigenvalue weighted by molar-refractivity contribution is 5.80. The first-order valence-electron chi connectivity index (χ1n) is 3.34. The monoisotopic (exact) mass is 126 g/mol. The van der Waals surface area contributed by atoms with E-state index in [4.69, 9.17) is 0 Å². The molecule has 0 spiro atoms. The summed E-state index contributed by atoms with van der Waals surface area (Å²) in [4.78, 5) is 10.7. The Hall–Kier alpha value is -0.590. The molecule has 0 amide bonds. The van der Waals surface area contributed by atoms with E-state index >= 15 is 0 Å². The predicted molar refractivity (Wildman–Crippen MR) is 39.3 cm³/mol. The Bertz CT molecular complexity index is 123. The first-order valence-corrected chi connectivity index (χ1v) is 3.34. The minimum absolute atomic E-state index is 0.325. The Morgan fingerprint density at radius 1 is 1.56 bits per heavy atom. The van der Waals surface area contributed by atoms with Crippen LogP contribution in [0.15, 0.2) is 11.6 Å². The summed E-state index contributed by atoms with van der Waals surface area (Å²) in [6.07, 6.45) is 3.27. The van der Waals surface area contributed by atoms with Crippen LogP contribution in [-0.4, -0.2) is 5.78 Å². The molecule has 0 heterocycles. The summed E-state index contributed by atoms with van der Waals surface area (Å²) in [5.41, 5.74) is 1.17. The van der Waals surface area contributed by atoms with E-state index in [1.165, 1.54) is 5.57 Å². The average Bonchev–Trinajstić information content (AvgIpc) is 1.87. The Kier molecular flexibility index (Phi) is 4.02. The number of carbonyl (C=O) groups excluding carboxylic acids is 1. The van der Waals surface area contributed by atoms with Crippen molar-refractivity contribution in [3.8, 4) is 0 Å². The van der Waals surface area contributed by atoms with Crippen molar-refractivity contribution in [1.29, 1.82) is 0 Å². The maximum atomic E-state index is 10.7. The van der Waals surface area contributed by atoms with E-state index in [0.29, 0.717) is 18.6 Å². The molecule has 0 rings (SSSR count). The maximum absolute atomic E-state index is 10.7. The molecule has 0 saturated carbocycles. The highest BCUT2D eigenvalue weighted by atomic mass is 16.1. The quantitative estimate of drug-likeness (QED) is 0.530. The normalized spacial score (nSPS) is 11.7. The van der Waals surface area contributed by atoms with Crippen LogP contribution >= 0.6 is 0 Å². The summed E-state index contributed by atoms with van der Waals surface area (Å²) in [6, 6.07) is 0. The van der Waals surface area contributed by atoms with Gasteiger partial charge in [0, 0.05) is 12.8 Å². The SMILES string of the molecule is C/C=C(/C)CC(=O)CC. The highest BCUT2D eigenvalue weighted by Crippen LogP contribution is 2.01. The van der Waals surface area contributed by atoms with Gasteiger partial charge in [-0.05, 0) is 13.8 Å². The van der Waals surface area contributed by atoms with Gasteiger partial charge < -0.3 is 0 Å². The van der Waals surface area contributed by atoms with Crippen LogP contribution in [0.3, 0.4) is 0 Å². The fourth-order valence-corrected chi connectivity index (χ4v) is 0.538. The highest BCUT2D eigenvalue weighted by Gasteiger charge is 1.96. The van der Waals surface area contributed by atoms with Gasteiger partial charge in [-0.25, -0.2) is 0 Å². The topological polar surface area (TPSA) is 17.1 Å². The Labute approximate surface area is 56.8 Å². The number of hydrogen-bond donors (Lipinski definition) is 0. The second-order valence-electron chi connectivity index (χ2n) is 2.20. The lowest BCUT2D eigenvalue weighted by molar-refractivity contribution is -0.118. The van der Waals surface area contributed by atoms with E-state index < -0.39 is 0 Å². The molecule has 0 aromatic heterocycles. The van der Waals surface area contributed by atoms with Gasteiger partial charge in [-0.15, -0.1) is 0 Å². The zero-order valence-electron chi connectivity index (χ0n) is 6.40. The Balaban J connectivity index is 3.60. The summed E-state index contributed by atoms with van der Waals surface area (Å²) in [5, 5.41) is 0. The molecule has 0 bridgehead atoms.